The topological polar surface area (TPSA) is 105 Å². The minimum atomic E-state index is -0.722. The highest BCUT2D eigenvalue weighted by atomic mass is 16.6. The number of nitrogens with one attached hydrogen (secondary N) is 1. The van der Waals surface area contributed by atoms with Crippen molar-refractivity contribution in [3.63, 3.8) is 0 Å². The molecule has 4 rings (SSSR count). The second-order valence-corrected chi connectivity index (χ2v) is 8.18. The smallest absolute Gasteiger partial charge is 0.279 e. The highest BCUT2D eigenvalue weighted by Gasteiger charge is 2.29. The van der Waals surface area contributed by atoms with Crippen molar-refractivity contribution < 1.29 is 14.8 Å². The number of nitro benzene ring substituents is 1. The van der Waals surface area contributed by atoms with Crippen LogP contribution in [-0.2, 0) is 4.79 Å². The first kappa shape index (κ1) is 20.8. The Hall–Kier alpha value is -3.48. The largest absolute Gasteiger partial charge is 0.505 e. The molecule has 31 heavy (non-hydrogen) atoms. The standard InChI is InChI=1S/C24H25N3O4/c1-15-9-11-16(12-10-15)21(26-24(29)17-6-3-2-4-7-17)19-14-20(27(30)31)18-8-5-13-25-22(18)23(19)28/h5,8-14,17,21,28H,2-4,6-7H2,1H3,(H,26,29). The average Bonchev–Trinajstić information content (AvgIpc) is 2.79. The summed E-state index contributed by atoms with van der Waals surface area (Å²) in [5, 5.41) is 26.1. The van der Waals surface area contributed by atoms with Gasteiger partial charge in [-0.2, -0.15) is 0 Å². The monoisotopic (exact) mass is 419 g/mol. The van der Waals surface area contributed by atoms with Crippen LogP contribution in [0.15, 0.2) is 48.7 Å². The zero-order valence-corrected chi connectivity index (χ0v) is 17.4. The van der Waals surface area contributed by atoms with Crippen molar-refractivity contribution in [2.75, 3.05) is 0 Å². The van der Waals surface area contributed by atoms with Crippen LogP contribution in [-0.4, -0.2) is 20.9 Å². The van der Waals surface area contributed by atoms with Crippen molar-refractivity contribution >= 4 is 22.5 Å². The molecule has 160 valence electrons. The van der Waals surface area contributed by atoms with Gasteiger partial charge >= 0.3 is 0 Å². The molecule has 2 aromatic carbocycles. The summed E-state index contributed by atoms with van der Waals surface area (Å²) in [6, 6.07) is 11.4. The lowest BCUT2D eigenvalue weighted by molar-refractivity contribution is -0.383. The molecule has 1 aliphatic carbocycles. The second kappa shape index (κ2) is 8.71. The molecule has 0 aliphatic heterocycles. The molecule has 1 unspecified atom stereocenters. The molecule has 0 radical (unpaired) electrons. The maximum atomic E-state index is 13.1. The van der Waals surface area contributed by atoms with Crippen LogP contribution >= 0.6 is 0 Å². The van der Waals surface area contributed by atoms with E-state index in [2.05, 4.69) is 10.3 Å². The first-order valence-corrected chi connectivity index (χ1v) is 10.6. The Balaban J connectivity index is 1.83. The Morgan fingerprint density at radius 3 is 2.58 bits per heavy atom. The van der Waals surface area contributed by atoms with Crippen LogP contribution in [0, 0.1) is 23.0 Å². The van der Waals surface area contributed by atoms with Gasteiger partial charge in [0.15, 0.2) is 0 Å². The fraction of sp³-hybridized carbons (Fsp3) is 0.333. The van der Waals surface area contributed by atoms with Crippen LogP contribution in [0.2, 0.25) is 0 Å². The minimum absolute atomic E-state index is 0.0857. The summed E-state index contributed by atoms with van der Waals surface area (Å²) < 4.78 is 0. The molecule has 2 N–H and O–H groups in total. The van der Waals surface area contributed by atoms with Gasteiger partial charge in [-0.25, -0.2) is 0 Å². The van der Waals surface area contributed by atoms with Crippen molar-refractivity contribution in [3.05, 3.63) is 75.5 Å². The van der Waals surface area contributed by atoms with Crippen LogP contribution in [0.4, 0.5) is 5.69 Å². The molecule has 1 amide bonds. The number of non-ortho nitro benzene ring substituents is 1. The third kappa shape index (κ3) is 4.21. The summed E-state index contributed by atoms with van der Waals surface area (Å²) in [4.78, 5) is 28.5. The van der Waals surface area contributed by atoms with Crippen LogP contribution in [0.1, 0.15) is 54.8 Å². The maximum absolute atomic E-state index is 13.1. The quantitative estimate of drug-likeness (QED) is 0.450. The molecular weight excluding hydrogens is 394 g/mol. The molecule has 1 heterocycles. The van der Waals surface area contributed by atoms with Gasteiger partial charge in [0, 0.05) is 23.7 Å². The Labute approximate surface area is 180 Å². The second-order valence-electron chi connectivity index (χ2n) is 8.18. The molecule has 1 fully saturated rings. The maximum Gasteiger partial charge on any atom is 0.279 e. The summed E-state index contributed by atoms with van der Waals surface area (Å²) in [6.45, 7) is 1.96. The van der Waals surface area contributed by atoms with Crippen molar-refractivity contribution in [3.8, 4) is 5.75 Å². The molecule has 0 spiro atoms. The normalized spacial score (nSPS) is 15.5. The van der Waals surface area contributed by atoms with Crippen LogP contribution in [0.25, 0.3) is 10.9 Å². The third-order valence-electron chi connectivity index (χ3n) is 6.05. The van der Waals surface area contributed by atoms with Crippen molar-refractivity contribution in [2.45, 2.75) is 45.1 Å². The van der Waals surface area contributed by atoms with E-state index in [0.29, 0.717) is 0 Å². The number of benzene rings is 2. The number of nitro groups is 1. The van der Waals surface area contributed by atoms with Gasteiger partial charge in [0.1, 0.15) is 11.3 Å². The van der Waals surface area contributed by atoms with Gasteiger partial charge in [-0.1, -0.05) is 49.1 Å². The van der Waals surface area contributed by atoms with Crippen molar-refractivity contribution in [1.82, 2.24) is 10.3 Å². The Morgan fingerprint density at radius 1 is 1.19 bits per heavy atom. The Morgan fingerprint density at radius 2 is 1.90 bits per heavy atom. The van der Waals surface area contributed by atoms with Crippen molar-refractivity contribution in [2.24, 2.45) is 5.92 Å². The van der Waals surface area contributed by atoms with Gasteiger partial charge in [0.25, 0.3) is 5.69 Å². The van der Waals surface area contributed by atoms with E-state index in [1.165, 1.54) is 12.3 Å². The van der Waals surface area contributed by atoms with E-state index in [1.54, 1.807) is 12.1 Å². The van der Waals surface area contributed by atoms with Gasteiger partial charge < -0.3 is 10.4 Å². The van der Waals surface area contributed by atoms with E-state index in [-0.39, 0.29) is 39.7 Å². The van der Waals surface area contributed by atoms with Crippen molar-refractivity contribution in [1.29, 1.82) is 0 Å². The molecule has 7 nitrogen and oxygen atoms in total. The predicted octanol–water partition coefficient (Wildman–Crippen LogP) is 4.94. The number of pyridine rings is 1. The number of aryl methyl sites for hydroxylation is 1. The number of hydrogen-bond donors (Lipinski definition) is 2. The molecule has 1 saturated carbocycles. The predicted molar refractivity (Wildman–Crippen MR) is 118 cm³/mol. The fourth-order valence-electron chi connectivity index (χ4n) is 4.33. The molecule has 1 aromatic heterocycles. The number of hydrogen-bond acceptors (Lipinski definition) is 5. The van der Waals surface area contributed by atoms with Gasteiger partial charge in [-0.15, -0.1) is 0 Å². The lowest BCUT2D eigenvalue weighted by Gasteiger charge is -2.26. The van der Waals surface area contributed by atoms with E-state index >= 15 is 0 Å². The zero-order chi connectivity index (χ0) is 22.0. The first-order chi connectivity index (χ1) is 15.0. The molecule has 3 aromatic rings. The number of amides is 1. The number of rotatable bonds is 5. The number of aromatic nitrogens is 1. The molecule has 7 heteroatoms. The van der Waals surface area contributed by atoms with Crippen LogP contribution < -0.4 is 5.32 Å². The highest BCUT2D eigenvalue weighted by molar-refractivity contribution is 5.94. The number of fused-ring (bicyclic) bond motifs is 1. The number of nitrogens with zero attached hydrogens (tertiary/aromatic N) is 2. The fourth-order valence-corrected chi connectivity index (χ4v) is 4.33. The molecular formula is C24H25N3O4. The first-order valence-electron chi connectivity index (χ1n) is 10.6. The minimum Gasteiger partial charge on any atom is -0.505 e. The number of phenolic OH excluding ortho intramolecular Hbond substituents is 1. The summed E-state index contributed by atoms with van der Waals surface area (Å²) in [5.41, 5.74) is 2.06. The number of carbonyl (C=O) groups is 1. The summed E-state index contributed by atoms with van der Waals surface area (Å²) in [6.07, 6.45) is 6.31. The molecule has 1 atom stereocenters. The lowest BCUT2D eigenvalue weighted by atomic mass is 9.87. The van der Waals surface area contributed by atoms with Gasteiger partial charge in [-0.05, 0) is 37.5 Å². The van der Waals surface area contributed by atoms with Crippen LogP contribution in [0.3, 0.4) is 0 Å². The molecule has 0 saturated heterocycles. The summed E-state index contributed by atoms with van der Waals surface area (Å²) in [7, 11) is 0. The Bertz CT molecular complexity index is 1120. The van der Waals surface area contributed by atoms with Gasteiger partial charge in [-0.3, -0.25) is 19.9 Å². The summed E-state index contributed by atoms with van der Waals surface area (Å²) in [5.74, 6) is -0.332. The van der Waals surface area contributed by atoms with Gasteiger partial charge in [0.05, 0.1) is 16.4 Å². The summed E-state index contributed by atoms with van der Waals surface area (Å²) >= 11 is 0. The Kier molecular flexibility index (Phi) is 5.84. The third-order valence-corrected chi connectivity index (χ3v) is 6.05. The molecule has 0 bridgehead atoms. The van der Waals surface area contributed by atoms with E-state index in [0.717, 1.165) is 43.2 Å². The van der Waals surface area contributed by atoms with E-state index in [1.807, 2.05) is 31.2 Å². The zero-order valence-electron chi connectivity index (χ0n) is 17.4. The highest BCUT2D eigenvalue weighted by Crippen LogP contribution is 2.40. The number of aromatic hydroxyl groups is 1. The van der Waals surface area contributed by atoms with E-state index in [9.17, 15) is 20.0 Å². The van der Waals surface area contributed by atoms with E-state index < -0.39 is 11.0 Å². The average molecular weight is 419 g/mol. The van der Waals surface area contributed by atoms with Gasteiger partial charge in [0.2, 0.25) is 5.91 Å². The lowest BCUT2D eigenvalue weighted by Crippen LogP contribution is -2.35. The SMILES string of the molecule is Cc1ccc(C(NC(=O)C2CCCCC2)c2cc([N+](=O)[O-])c3cccnc3c2O)cc1. The number of phenols is 1. The number of carbonyl (C=O) groups excluding carboxylic acids is 1. The van der Waals surface area contributed by atoms with E-state index in [4.69, 9.17) is 0 Å². The molecule has 1 aliphatic rings. The van der Waals surface area contributed by atoms with Crippen LogP contribution in [0.5, 0.6) is 5.75 Å².